The Bertz CT molecular complexity index is 1010. The van der Waals surface area contributed by atoms with Crippen LogP contribution in [0.3, 0.4) is 0 Å². The van der Waals surface area contributed by atoms with E-state index >= 15 is 0 Å². The second-order valence-corrected chi connectivity index (χ2v) is 8.09. The van der Waals surface area contributed by atoms with Crippen molar-refractivity contribution in [3.63, 3.8) is 0 Å². The number of hydrogen-bond acceptors (Lipinski definition) is 4. The average Bonchev–Trinajstić information content (AvgIpc) is 3.21. The van der Waals surface area contributed by atoms with Gasteiger partial charge in [0.05, 0.1) is 4.88 Å². The maximum Gasteiger partial charge on any atom is 0.289 e. The van der Waals surface area contributed by atoms with E-state index in [2.05, 4.69) is 25.2 Å². The second-order valence-electron chi connectivity index (χ2n) is 6.73. The summed E-state index contributed by atoms with van der Waals surface area (Å²) in [6.45, 7) is 4.12. The normalized spacial score (nSPS) is 11.7. The number of aliphatic hydroxyl groups excluding tert-OH is 1. The number of aliphatic hydroxyl groups is 1. The summed E-state index contributed by atoms with van der Waals surface area (Å²) < 4.78 is 1.85. The van der Waals surface area contributed by atoms with Crippen LogP contribution in [-0.4, -0.2) is 24.2 Å². The molecule has 0 atom stereocenters. The molecule has 3 rings (SSSR count). The second kappa shape index (κ2) is 8.54. The molecular weight excluding hydrogens is 386 g/mol. The summed E-state index contributed by atoms with van der Waals surface area (Å²) in [5.74, 6) is 0.153. The first-order chi connectivity index (χ1) is 13.4. The molecule has 28 heavy (non-hydrogen) atoms. The van der Waals surface area contributed by atoms with Crippen LogP contribution >= 0.6 is 23.6 Å². The van der Waals surface area contributed by atoms with Gasteiger partial charge in [-0.3, -0.25) is 0 Å². The van der Waals surface area contributed by atoms with Gasteiger partial charge in [0.25, 0.3) is 5.70 Å². The maximum absolute atomic E-state index is 11.0. The summed E-state index contributed by atoms with van der Waals surface area (Å²) in [5, 5.41) is 16.3. The summed E-state index contributed by atoms with van der Waals surface area (Å²) in [4.78, 5) is 3.26. The van der Waals surface area contributed by atoms with Crippen LogP contribution in [0, 0.1) is 13.8 Å². The quantitative estimate of drug-likeness (QED) is 0.267. The fraction of sp³-hybridized carbons (Fsp3) is 0.182. The van der Waals surface area contributed by atoms with E-state index < -0.39 is 0 Å². The largest absolute Gasteiger partial charge is 0.501 e. The van der Waals surface area contributed by atoms with Gasteiger partial charge in [0.2, 0.25) is 5.76 Å². The summed E-state index contributed by atoms with van der Waals surface area (Å²) in [6, 6.07) is 13.8. The van der Waals surface area contributed by atoms with Crippen molar-refractivity contribution in [2.24, 2.45) is 0 Å². The molecule has 4 nitrogen and oxygen atoms in total. The van der Waals surface area contributed by atoms with Crippen molar-refractivity contribution in [2.75, 3.05) is 24.3 Å². The van der Waals surface area contributed by atoms with E-state index in [1.165, 1.54) is 16.9 Å². The third-order valence-corrected chi connectivity index (χ3v) is 5.81. The number of rotatable bonds is 5. The highest BCUT2D eigenvalue weighted by Crippen LogP contribution is 2.24. The fourth-order valence-corrected chi connectivity index (χ4v) is 3.79. The number of aryl methyl sites for hydroxylation is 1. The van der Waals surface area contributed by atoms with E-state index in [0.717, 1.165) is 21.8 Å². The monoisotopic (exact) mass is 410 g/mol. The number of benzene rings is 1. The molecule has 6 heteroatoms. The van der Waals surface area contributed by atoms with E-state index in [-0.39, 0.29) is 5.76 Å². The minimum atomic E-state index is 0.153. The van der Waals surface area contributed by atoms with Crippen molar-refractivity contribution in [3.05, 3.63) is 76.2 Å². The lowest BCUT2D eigenvalue weighted by atomic mass is 10.1. The number of hydrogen-bond donors (Lipinski definition) is 2. The molecule has 2 aromatic heterocycles. The highest BCUT2D eigenvalue weighted by atomic mass is 32.1. The molecule has 0 bridgehead atoms. The summed E-state index contributed by atoms with van der Waals surface area (Å²) in [6.07, 6.45) is 3.82. The van der Waals surface area contributed by atoms with Crippen LogP contribution in [-0.2, 0) is 0 Å². The molecular formula is C22H24N3OS2+. The van der Waals surface area contributed by atoms with Crippen LogP contribution in [0.25, 0.3) is 11.5 Å². The van der Waals surface area contributed by atoms with Gasteiger partial charge >= 0.3 is 0 Å². The van der Waals surface area contributed by atoms with Gasteiger partial charge in [0.15, 0.2) is 17.4 Å². The standard InChI is InChI=1S/C22H23N3OS2/c1-15-7-5-8-18(16(15)2)23-22(27)20(21(26)19-9-6-14-28-19)25-12-10-17(11-13-25)24(3)4/h5-14H,1-4H3,(H-,23,26,27)/p+1. The van der Waals surface area contributed by atoms with E-state index in [1.807, 2.05) is 77.7 Å². The van der Waals surface area contributed by atoms with Gasteiger partial charge in [-0.15, -0.1) is 11.3 Å². The predicted octanol–water partition coefficient (Wildman–Crippen LogP) is 5.04. The molecule has 2 heterocycles. The van der Waals surface area contributed by atoms with Crippen molar-refractivity contribution in [3.8, 4) is 0 Å². The minimum Gasteiger partial charge on any atom is -0.501 e. The Morgan fingerprint density at radius 1 is 1.07 bits per heavy atom. The molecule has 0 aliphatic heterocycles. The van der Waals surface area contributed by atoms with Crippen molar-refractivity contribution in [2.45, 2.75) is 13.8 Å². The van der Waals surface area contributed by atoms with Crippen LogP contribution in [0.2, 0.25) is 0 Å². The number of thiophene rings is 1. The zero-order valence-corrected chi connectivity index (χ0v) is 18.1. The first kappa shape index (κ1) is 20.0. The molecule has 0 saturated carbocycles. The lowest BCUT2D eigenvalue weighted by molar-refractivity contribution is -0.575. The summed E-state index contributed by atoms with van der Waals surface area (Å²) >= 11 is 7.20. The zero-order valence-electron chi connectivity index (χ0n) is 16.4. The lowest BCUT2D eigenvalue weighted by Gasteiger charge is -2.14. The van der Waals surface area contributed by atoms with E-state index in [1.54, 1.807) is 0 Å². The van der Waals surface area contributed by atoms with Crippen molar-refractivity contribution < 1.29 is 9.67 Å². The highest BCUT2D eigenvalue weighted by molar-refractivity contribution is 7.81. The smallest absolute Gasteiger partial charge is 0.289 e. The summed E-state index contributed by atoms with van der Waals surface area (Å²) in [5.41, 5.74) is 4.87. The Hall–Kier alpha value is -2.70. The minimum absolute atomic E-state index is 0.153. The zero-order chi connectivity index (χ0) is 20.3. The van der Waals surface area contributed by atoms with Crippen molar-refractivity contribution in [1.29, 1.82) is 0 Å². The van der Waals surface area contributed by atoms with Gasteiger partial charge in [0, 0.05) is 37.6 Å². The van der Waals surface area contributed by atoms with Crippen LogP contribution in [0.15, 0.2) is 60.2 Å². The molecule has 0 aliphatic rings. The Morgan fingerprint density at radius 3 is 2.39 bits per heavy atom. The molecule has 144 valence electrons. The Labute approximate surface area is 175 Å². The topological polar surface area (TPSA) is 39.4 Å². The molecule has 0 fully saturated rings. The van der Waals surface area contributed by atoms with Gasteiger partial charge in [0.1, 0.15) is 0 Å². The third-order valence-electron chi connectivity index (χ3n) is 4.63. The molecule has 1 aromatic carbocycles. The van der Waals surface area contributed by atoms with E-state index in [0.29, 0.717) is 10.7 Å². The van der Waals surface area contributed by atoms with Crippen molar-refractivity contribution >= 4 is 51.4 Å². The number of pyridine rings is 1. The van der Waals surface area contributed by atoms with Crippen LogP contribution < -0.4 is 14.8 Å². The number of nitrogens with one attached hydrogen (secondary N) is 1. The van der Waals surface area contributed by atoms with Crippen LogP contribution in [0.5, 0.6) is 0 Å². The maximum atomic E-state index is 11.0. The van der Waals surface area contributed by atoms with Gasteiger partial charge in [-0.1, -0.05) is 30.4 Å². The first-order valence-corrected chi connectivity index (χ1v) is 10.2. The Morgan fingerprint density at radius 2 is 1.79 bits per heavy atom. The molecule has 0 amide bonds. The number of nitrogens with zero attached hydrogens (tertiary/aromatic N) is 2. The first-order valence-electron chi connectivity index (χ1n) is 8.92. The molecule has 2 N–H and O–H groups in total. The van der Waals surface area contributed by atoms with E-state index in [9.17, 15) is 5.11 Å². The molecule has 0 radical (unpaired) electrons. The Balaban J connectivity index is 2.05. The molecule has 0 saturated heterocycles. The molecule has 0 spiro atoms. The number of thiocarbonyl (C=S) groups is 1. The van der Waals surface area contributed by atoms with Gasteiger partial charge in [-0.05, 0) is 42.5 Å². The van der Waals surface area contributed by atoms with Crippen LogP contribution in [0.1, 0.15) is 16.0 Å². The SMILES string of the molecule is Cc1cccc(NC(=S)C(=C(O)c2cccs2)[n+]2ccc(N(C)C)cc2)c1C. The highest BCUT2D eigenvalue weighted by Gasteiger charge is 2.25. The fourth-order valence-electron chi connectivity index (χ4n) is 2.81. The molecule has 0 unspecified atom stereocenters. The lowest BCUT2D eigenvalue weighted by Crippen LogP contribution is -2.38. The van der Waals surface area contributed by atoms with Gasteiger partial charge in [-0.25, -0.2) is 0 Å². The van der Waals surface area contributed by atoms with Gasteiger partial charge < -0.3 is 15.3 Å². The van der Waals surface area contributed by atoms with Crippen molar-refractivity contribution in [1.82, 2.24) is 0 Å². The number of aromatic nitrogens is 1. The predicted molar refractivity (Wildman–Crippen MR) is 123 cm³/mol. The van der Waals surface area contributed by atoms with Crippen LogP contribution in [0.4, 0.5) is 11.4 Å². The number of anilines is 2. The molecule has 3 aromatic rings. The molecule has 0 aliphatic carbocycles. The average molecular weight is 411 g/mol. The van der Waals surface area contributed by atoms with Gasteiger partial charge in [-0.2, -0.15) is 4.57 Å². The van der Waals surface area contributed by atoms with E-state index in [4.69, 9.17) is 12.2 Å². The Kier molecular flexibility index (Phi) is 6.11. The summed E-state index contributed by atoms with van der Waals surface area (Å²) in [7, 11) is 3.98. The third kappa shape index (κ3) is 4.24.